The molecule has 0 amide bonds. The topological polar surface area (TPSA) is 228 Å². The number of aliphatic hydroxyl groups is 9. The van der Waals surface area contributed by atoms with E-state index in [2.05, 4.69) is 0 Å². The standard InChI is InChI=1S/C20H36O14.CH4/c1-2-7-10(30-4-8(22)12(7)23)5-31-20-18(29)16(27)14(25)11(34-20)6-32-19-17(28)15(26)13(24)9(3-21)33-19;/h7-29H,2-6H2,1H3;1H4/t7-,8?,9?,10?,11?,12?,13-,14-,15?,16?,17?,18?,19+,20+;/m0./s1. The Morgan fingerprint density at radius 2 is 1.14 bits per heavy atom. The monoisotopic (exact) mass is 516 g/mol. The van der Waals surface area contributed by atoms with Gasteiger partial charge in [-0.15, -0.1) is 0 Å². The highest BCUT2D eigenvalue weighted by Crippen LogP contribution is 2.28. The normalized spacial score (nSPS) is 48.9. The Morgan fingerprint density at radius 1 is 0.657 bits per heavy atom. The summed E-state index contributed by atoms with van der Waals surface area (Å²) in [4.78, 5) is 0. The van der Waals surface area contributed by atoms with Gasteiger partial charge in [0.1, 0.15) is 54.9 Å². The van der Waals surface area contributed by atoms with Crippen molar-refractivity contribution < 1.29 is 69.6 Å². The molecule has 3 rings (SSSR count). The molecule has 14 nitrogen and oxygen atoms in total. The van der Waals surface area contributed by atoms with Crippen LogP contribution in [-0.2, 0) is 23.7 Å². The molecule has 208 valence electrons. The summed E-state index contributed by atoms with van der Waals surface area (Å²) in [6.45, 7) is 0.433. The fourth-order valence-corrected chi connectivity index (χ4v) is 4.40. The van der Waals surface area contributed by atoms with E-state index in [1.165, 1.54) is 0 Å². The smallest absolute Gasteiger partial charge is 0.186 e. The molecule has 3 aliphatic rings. The zero-order chi connectivity index (χ0) is 25.2. The van der Waals surface area contributed by atoms with Gasteiger partial charge in [0, 0.05) is 5.92 Å². The number of hydrogen-bond acceptors (Lipinski definition) is 14. The SMILES string of the molecule is C.CC[C@H]1C(CO[C@@H]2OC(CO[C@@H]3OC(CO)[C@H](O)C(O)C3O)[C@H](O)C(O)C2O)OCC(O)C1O. The minimum Gasteiger partial charge on any atom is -0.394 e. The molecule has 0 aromatic carbocycles. The predicted molar refractivity (Wildman–Crippen MR) is 115 cm³/mol. The van der Waals surface area contributed by atoms with Gasteiger partial charge < -0.3 is 69.6 Å². The van der Waals surface area contributed by atoms with Crippen LogP contribution in [-0.4, -0.2) is 152 Å². The van der Waals surface area contributed by atoms with Crippen LogP contribution in [0.25, 0.3) is 0 Å². The Morgan fingerprint density at radius 3 is 1.66 bits per heavy atom. The van der Waals surface area contributed by atoms with Gasteiger partial charge >= 0.3 is 0 Å². The van der Waals surface area contributed by atoms with Gasteiger partial charge in [0.05, 0.1) is 38.6 Å². The molecule has 0 saturated carbocycles. The van der Waals surface area contributed by atoms with Crippen LogP contribution in [0.1, 0.15) is 20.8 Å². The van der Waals surface area contributed by atoms with Crippen molar-refractivity contribution in [3.8, 4) is 0 Å². The van der Waals surface area contributed by atoms with Crippen LogP contribution < -0.4 is 0 Å². The first-order valence-corrected chi connectivity index (χ1v) is 11.3. The van der Waals surface area contributed by atoms with E-state index in [0.717, 1.165) is 0 Å². The minimum atomic E-state index is -1.68. The lowest BCUT2D eigenvalue weighted by Gasteiger charge is -2.43. The molecular weight excluding hydrogens is 476 g/mol. The zero-order valence-corrected chi connectivity index (χ0v) is 18.7. The van der Waals surface area contributed by atoms with Crippen molar-refractivity contribution in [1.29, 1.82) is 0 Å². The number of aliphatic hydroxyl groups excluding tert-OH is 9. The molecule has 0 aromatic heterocycles. The van der Waals surface area contributed by atoms with Crippen LogP contribution in [0, 0.1) is 5.92 Å². The molecule has 0 aliphatic carbocycles. The third-order valence-electron chi connectivity index (χ3n) is 6.63. The molecule has 9 unspecified atom stereocenters. The molecule has 14 heteroatoms. The molecule has 3 heterocycles. The average molecular weight is 517 g/mol. The maximum absolute atomic E-state index is 10.3. The lowest BCUT2D eigenvalue weighted by molar-refractivity contribution is -0.334. The summed E-state index contributed by atoms with van der Waals surface area (Å²) in [6.07, 6.45) is -17.3. The Bertz CT molecular complexity index is 625. The number of ether oxygens (including phenoxy) is 5. The van der Waals surface area contributed by atoms with Gasteiger partial charge in [-0.25, -0.2) is 0 Å². The van der Waals surface area contributed by atoms with Crippen LogP contribution in [0.4, 0.5) is 0 Å². The molecule has 14 atom stereocenters. The van der Waals surface area contributed by atoms with Crippen LogP contribution in [0.5, 0.6) is 0 Å². The van der Waals surface area contributed by atoms with Crippen LogP contribution in [0.2, 0.25) is 0 Å². The van der Waals surface area contributed by atoms with Crippen molar-refractivity contribution in [2.75, 3.05) is 26.4 Å². The number of rotatable bonds is 8. The van der Waals surface area contributed by atoms with Crippen LogP contribution in [0.15, 0.2) is 0 Å². The predicted octanol–water partition coefficient (Wildman–Crippen LogP) is -4.59. The molecule has 0 bridgehead atoms. The van der Waals surface area contributed by atoms with E-state index in [1.54, 1.807) is 6.92 Å². The Balaban J connectivity index is 0.00000432. The third kappa shape index (κ3) is 6.66. The van der Waals surface area contributed by atoms with E-state index < -0.39 is 98.9 Å². The fraction of sp³-hybridized carbons (Fsp3) is 1.00. The van der Waals surface area contributed by atoms with Crippen LogP contribution >= 0.6 is 0 Å². The van der Waals surface area contributed by atoms with Gasteiger partial charge in [0.15, 0.2) is 12.6 Å². The van der Waals surface area contributed by atoms with Crippen molar-refractivity contribution in [2.45, 2.75) is 100 Å². The van der Waals surface area contributed by atoms with Crippen molar-refractivity contribution in [1.82, 2.24) is 0 Å². The molecule has 3 fully saturated rings. The van der Waals surface area contributed by atoms with Gasteiger partial charge in [-0.1, -0.05) is 14.4 Å². The average Bonchev–Trinajstić information content (AvgIpc) is 2.83. The largest absolute Gasteiger partial charge is 0.394 e. The van der Waals surface area contributed by atoms with Crippen molar-refractivity contribution in [3.05, 3.63) is 0 Å². The second-order valence-electron chi connectivity index (χ2n) is 8.88. The van der Waals surface area contributed by atoms with Gasteiger partial charge in [-0.05, 0) is 6.42 Å². The highest BCUT2D eigenvalue weighted by atomic mass is 16.7. The summed E-state index contributed by atoms with van der Waals surface area (Å²) < 4.78 is 27.2. The molecule has 3 saturated heterocycles. The molecular formula is C21H40O14. The van der Waals surface area contributed by atoms with Crippen molar-refractivity contribution in [3.63, 3.8) is 0 Å². The first-order chi connectivity index (χ1) is 16.1. The Hall–Kier alpha value is -0.560. The summed E-state index contributed by atoms with van der Waals surface area (Å²) in [5, 5.41) is 89.8. The quantitative estimate of drug-likeness (QED) is 0.148. The first-order valence-electron chi connectivity index (χ1n) is 11.3. The lowest BCUT2D eigenvalue weighted by Crippen LogP contribution is -2.62. The highest BCUT2D eigenvalue weighted by Gasteiger charge is 2.48. The van der Waals surface area contributed by atoms with Crippen LogP contribution in [0.3, 0.4) is 0 Å². The number of hydrogen-bond donors (Lipinski definition) is 9. The summed E-state index contributed by atoms with van der Waals surface area (Å²) in [5.41, 5.74) is 0. The maximum atomic E-state index is 10.3. The van der Waals surface area contributed by atoms with E-state index in [0.29, 0.717) is 6.42 Å². The van der Waals surface area contributed by atoms with Crippen molar-refractivity contribution in [2.24, 2.45) is 5.92 Å². The molecule has 0 aromatic rings. The minimum absolute atomic E-state index is 0. The Labute approximate surface area is 203 Å². The lowest BCUT2D eigenvalue weighted by atomic mass is 9.88. The summed E-state index contributed by atoms with van der Waals surface area (Å²) >= 11 is 0. The van der Waals surface area contributed by atoms with E-state index in [-0.39, 0.29) is 20.6 Å². The van der Waals surface area contributed by atoms with Gasteiger partial charge in [0.2, 0.25) is 0 Å². The molecule has 3 aliphatic heterocycles. The third-order valence-corrected chi connectivity index (χ3v) is 6.63. The second kappa shape index (κ2) is 13.3. The van der Waals surface area contributed by atoms with E-state index in [9.17, 15) is 46.0 Å². The van der Waals surface area contributed by atoms with Gasteiger partial charge in [-0.2, -0.15) is 0 Å². The van der Waals surface area contributed by atoms with E-state index in [1.807, 2.05) is 0 Å². The summed E-state index contributed by atoms with van der Waals surface area (Å²) in [7, 11) is 0. The second-order valence-corrected chi connectivity index (χ2v) is 8.88. The summed E-state index contributed by atoms with van der Waals surface area (Å²) in [6, 6.07) is 0. The van der Waals surface area contributed by atoms with Crippen molar-refractivity contribution >= 4 is 0 Å². The van der Waals surface area contributed by atoms with E-state index in [4.69, 9.17) is 23.7 Å². The summed E-state index contributed by atoms with van der Waals surface area (Å²) in [5.74, 6) is -0.440. The molecule has 0 radical (unpaired) electrons. The Kier molecular flexibility index (Phi) is 11.7. The maximum Gasteiger partial charge on any atom is 0.186 e. The van der Waals surface area contributed by atoms with Gasteiger partial charge in [0.25, 0.3) is 0 Å². The van der Waals surface area contributed by atoms with Gasteiger partial charge in [-0.3, -0.25) is 0 Å². The zero-order valence-electron chi connectivity index (χ0n) is 18.7. The first kappa shape index (κ1) is 30.7. The molecule has 35 heavy (non-hydrogen) atoms. The fourth-order valence-electron chi connectivity index (χ4n) is 4.40. The molecule has 9 N–H and O–H groups in total. The van der Waals surface area contributed by atoms with E-state index >= 15 is 0 Å². The molecule has 0 spiro atoms. The highest BCUT2D eigenvalue weighted by molar-refractivity contribution is 4.92.